The Kier molecular flexibility index (Phi) is 5.83. The highest BCUT2D eigenvalue weighted by Gasteiger charge is 2.17. The van der Waals surface area contributed by atoms with Gasteiger partial charge in [-0.25, -0.2) is 0 Å². The SMILES string of the molecule is CNCC(C)(C)CNC(=O)Cc1cccc(OC)c1. The number of rotatable bonds is 7. The van der Waals surface area contributed by atoms with E-state index in [4.69, 9.17) is 4.74 Å². The highest BCUT2D eigenvalue weighted by Crippen LogP contribution is 2.14. The van der Waals surface area contributed by atoms with Crippen molar-refractivity contribution >= 4 is 5.91 Å². The molecule has 0 saturated carbocycles. The summed E-state index contributed by atoms with van der Waals surface area (Å²) in [5.41, 5.74) is 1.02. The maximum absolute atomic E-state index is 11.9. The first kappa shape index (κ1) is 15.5. The van der Waals surface area contributed by atoms with Crippen molar-refractivity contribution in [2.24, 2.45) is 5.41 Å². The van der Waals surface area contributed by atoms with Gasteiger partial charge in [0, 0.05) is 13.1 Å². The number of amides is 1. The van der Waals surface area contributed by atoms with Crippen molar-refractivity contribution in [1.29, 1.82) is 0 Å². The molecule has 2 N–H and O–H groups in total. The molecule has 4 nitrogen and oxygen atoms in total. The smallest absolute Gasteiger partial charge is 0.224 e. The fourth-order valence-electron chi connectivity index (χ4n) is 1.91. The lowest BCUT2D eigenvalue weighted by atomic mass is 9.93. The molecule has 1 aromatic rings. The molecule has 0 heterocycles. The molecule has 0 saturated heterocycles. The molecule has 0 aliphatic rings. The third-order valence-electron chi connectivity index (χ3n) is 2.92. The lowest BCUT2D eigenvalue weighted by molar-refractivity contribution is -0.120. The standard InChI is InChI=1S/C15H24N2O2/c1-15(2,10-16-3)11-17-14(18)9-12-6-5-7-13(8-12)19-4/h5-8,16H,9-11H2,1-4H3,(H,17,18). The predicted octanol–water partition coefficient (Wildman–Crippen LogP) is 1.60. The predicted molar refractivity (Wildman–Crippen MR) is 77.4 cm³/mol. The molecule has 1 amide bonds. The van der Waals surface area contributed by atoms with Gasteiger partial charge in [0.2, 0.25) is 5.91 Å². The van der Waals surface area contributed by atoms with Gasteiger partial charge in [0.1, 0.15) is 5.75 Å². The minimum Gasteiger partial charge on any atom is -0.497 e. The Balaban J connectivity index is 2.46. The summed E-state index contributed by atoms with van der Waals surface area (Å²) in [6.07, 6.45) is 0.382. The fraction of sp³-hybridized carbons (Fsp3) is 0.533. The van der Waals surface area contributed by atoms with E-state index in [1.54, 1.807) is 7.11 Å². The highest BCUT2D eigenvalue weighted by atomic mass is 16.5. The molecule has 0 fully saturated rings. The number of hydrogen-bond donors (Lipinski definition) is 2. The number of ether oxygens (including phenoxy) is 1. The van der Waals surface area contributed by atoms with Crippen molar-refractivity contribution < 1.29 is 9.53 Å². The van der Waals surface area contributed by atoms with Crippen LogP contribution in [0.4, 0.5) is 0 Å². The minimum absolute atomic E-state index is 0.0393. The molecule has 0 radical (unpaired) electrons. The molecule has 106 valence electrons. The molecule has 0 aromatic heterocycles. The van der Waals surface area contributed by atoms with Crippen LogP contribution in [0.3, 0.4) is 0 Å². The molecular formula is C15H24N2O2. The molecule has 4 heteroatoms. The zero-order valence-corrected chi connectivity index (χ0v) is 12.2. The van der Waals surface area contributed by atoms with Crippen LogP contribution in [0.25, 0.3) is 0 Å². The lowest BCUT2D eigenvalue weighted by Gasteiger charge is -2.24. The normalized spacial score (nSPS) is 11.2. The number of methoxy groups -OCH3 is 1. The molecule has 0 aliphatic carbocycles. The van der Waals surface area contributed by atoms with Crippen molar-refractivity contribution in [1.82, 2.24) is 10.6 Å². The molecule has 0 spiro atoms. The van der Waals surface area contributed by atoms with Gasteiger partial charge in [-0.2, -0.15) is 0 Å². The van der Waals surface area contributed by atoms with Crippen LogP contribution in [0.15, 0.2) is 24.3 Å². The zero-order valence-electron chi connectivity index (χ0n) is 12.2. The summed E-state index contributed by atoms with van der Waals surface area (Å²) in [5, 5.41) is 6.10. The first-order valence-corrected chi connectivity index (χ1v) is 6.51. The fourth-order valence-corrected chi connectivity index (χ4v) is 1.91. The van der Waals surface area contributed by atoms with Gasteiger partial charge in [0.05, 0.1) is 13.5 Å². The van der Waals surface area contributed by atoms with Gasteiger partial charge in [-0.3, -0.25) is 4.79 Å². The molecule has 0 bridgehead atoms. The second-order valence-corrected chi connectivity index (χ2v) is 5.50. The molecular weight excluding hydrogens is 240 g/mol. The number of carbonyl (C=O) groups is 1. The maximum atomic E-state index is 11.9. The van der Waals surface area contributed by atoms with Crippen LogP contribution in [-0.2, 0) is 11.2 Å². The second kappa shape index (κ2) is 7.14. The van der Waals surface area contributed by atoms with E-state index in [2.05, 4.69) is 24.5 Å². The summed E-state index contributed by atoms with van der Waals surface area (Å²) in [6, 6.07) is 7.59. The molecule has 1 rings (SSSR count). The first-order valence-electron chi connectivity index (χ1n) is 6.51. The third-order valence-corrected chi connectivity index (χ3v) is 2.92. The van der Waals surface area contributed by atoms with Gasteiger partial charge in [0.15, 0.2) is 0 Å². The highest BCUT2D eigenvalue weighted by molar-refractivity contribution is 5.78. The zero-order chi connectivity index (χ0) is 14.3. The Morgan fingerprint density at radius 3 is 2.68 bits per heavy atom. The number of nitrogens with one attached hydrogen (secondary N) is 2. The van der Waals surface area contributed by atoms with Crippen molar-refractivity contribution in [3.05, 3.63) is 29.8 Å². The van der Waals surface area contributed by atoms with Gasteiger partial charge >= 0.3 is 0 Å². The van der Waals surface area contributed by atoms with Crippen LogP contribution in [0.5, 0.6) is 5.75 Å². The van der Waals surface area contributed by atoms with Gasteiger partial charge in [-0.1, -0.05) is 26.0 Å². The summed E-state index contributed by atoms with van der Waals surface area (Å²) in [5.74, 6) is 0.818. The van der Waals surface area contributed by atoms with Crippen LogP contribution >= 0.6 is 0 Å². The van der Waals surface area contributed by atoms with Crippen LogP contribution in [0, 0.1) is 5.41 Å². The van der Waals surface area contributed by atoms with Gasteiger partial charge in [-0.15, -0.1) is 0 Å². The van der Waals surface area contributed by atoms with E-state index in [1.807, 2.05) is 31.3 Å². The Morgan fingerprint density at radius 2 is 2.05 bits per heavy atom. The average molecular weight is 264 g/mol. The van der Waals surface area contributed by atoms with Crippen LogP contribution in [0.1, 0.15) is 19.4 Å². The van der Waals surface area contributed by atoms with E-state index in [1.165, 1.54) is 0 Å². The van der Waals surface area contributed by atoms with E-state index in [0.29, 0.717) is 13.0 Å². The average Bonchev–Trinajstić information content (AvgIpc) is 2.37. The minimum atomic E-state index is 0.0393. The first-order chi connectivity index (χ1) is 8.96. The molecule has 0 atom stereocenters. The molecule has 1 aromatic carbocycles. The van der Waals surface area contributed by atoms with E-state index < -0.39 is 0 Å². The van der Waals surface area contributed by atoms with Gasteiger partial charge in [-0.05, 0) is 30.2 Å². The monoisotopic (exact) mass is 264 g/mol. The van der Waals surface area contributed by atoms with E-state index in [-0.39, 0.29) is 11.3 Å². The Morgan fingerprint density at radius 1 is 1.32 bits per heavy atom. The largest absolute Gasteiger partial charge is 0.497 e. The van der Waals surface area contributed by atoms with Crippen molar-refractivity contribution in [2.75, 3.05) is 27.2 Å². The van der Waals surface area contributed by atoms with Gasteiger partial charge < -0.3 is 15.4 Å². The third kappa shape index (κ3) is 5.75. The van der Waals surface area contributed by atoms with E-state index >= 15 is 0 Å². The lowest BCUT2D eigenvalue weighted by Crippen LogP contribution is -2.39. The maximum Gasteiger partial charge on any atom is 0.224 e. The Labute approximate surface area is 115 Å². The summed E-state index contributed by atoms with van der Waals surface area (Å²) in [6.45, 7) is 5.77. The molecule has 19 heavy (non-hydrogen) atoms. The van der Waals surface area contributed by atoms with Crippen LogP contribution in [0.2, 0.25) is 0 Å². The topological polar surface area (TPSA) is 50.4 Å². The van der Waals surface area contributed by atoms with Crippen LogP contribution in [-0.4, -0.2) is 33.2 Å². The van der Waals surface area contributed by atoms with E-state index in [0.717, 1.165) is 17.9 Å². The number of hydrogen-bond acceptors (Lipinski definition) is 3. The van der Waals surface area contributed by atoms with E-state index in [9.17, 15) is 4.79 Å². The van der Waals surface area contributed by atoms with Crippen molar-refractivity contribution in [3.8, 4) is 5.75 Å². The Bertz CT molecular complexity index is 416. The summed E-state index contributed by atoms with van der Waals surface area (Å²) >= 11 is 0. The van der Waals surface area contributed by atoms with Crippen LogP contribution < -0.4 is 15.4 Å². The second-order valence-electron chi connectivity index (χ2n) is 5.50. The summed E-state index contributed by atoms with van der Waals surface area (Å²) in [7, 11) is 3.54. The van der Waals surface area contributed by atoms with Crippen molar-refractivity contribution in [2.45, 2.75) is 20.3 Å². The number of benzene rings is 1. The van der Waals surface area contributed by atoms with Crippen molar-refractivity contribution in [3.63, 3.8) is 0 Å². The molecule has 0 aliphatic heterocycles. The quantitative estimate of drug-likeness (QED) is 0.786. The Hall–Kier alpha value is -1.55. The summed E-state index contributed by atoms with van der Waals surface area (Å²) < 4.78 is 5.14. The summed E-state index contributed by atoms with van der Waals surface area (Å²) in [4.78, 5) is 11.9. The number of carbonyl (C=O) groups excluding carboxylic acids is 1. The van der Waals surface area contributed by atoms with Gasteiger partial charge in [0.25, 0.3) is 0 Å². The molecule has 0 unspecified atom stereocenters.